The third-order valence-corrected chi connectivity index (χ3v) is 3.71. The molecule has 0 bridgehead atoms. The summed E-state index contributed by atoms with van der Waals surface area (Å²) in [5, 5.41) is 20.2. The molecule has 0 amide bonds. The van der Waals surface area contributed by atoms with E-state index in [-0.39, 0.29) is 21.9 Å². The average Bonchev–Trinajstić information content (AvgIpc) is 2.41. The summed E-state index contributed by atoms with van der Waals surface area (Å²) in [5.41, 5.74) is 2.95. The van der Waals surface area contributed by atoms with E-state index >= 15 is 0 Å². The first-order valence-corrected chi connectivity index (χ1v) is 7.43. The van der Waals surface area contributed by atoms with E-state index in [4.69, 9.17) is 11.6 Å². The Bertz CT molecular complexity index is 731. The van der Waals surface area contributed by atoms with Crippen molar-refractivity contribution in [2.24, 2.45) is 4.99 Å². The van der Waals surface area contributed by atoms with E-state index in [2.05, 4.69) is 25.8 Å². The summed E-state index contributed by atoms with van der Waals surface area (Å²) in [5.74, 6) is 0.0879. The number of hydrogen-bond donors (Lipinski definition) is 2. The van der Waals surface area contributed by atoms with Gasteiger partial charge in [-0.05, 0) is 47.7 Å². The molecule has 22 heavy (non-hydrogen) atoms. The Hall–Kier alpha value is -2.00. The van der Waals surface area contributed by atoms with Gasteiger partial charge in [-0.1, -0.05) is 38.4 Å². The van der Waals surface area contributed by atoms with E-state index in [1.165, 1.54) is 6.21 Å². The Morgan fingerprint density at radius 3 is 2.41 bits per heavy atom. The molecule has 116 valence electrons. The van der Waals surface area contributed by atoms with Gasteiger partial charge in [-0.2, -0.15) is 0 Å². The lowest BCUT2D eigenvalue weighted by Crippen LogP contribution is -2.10. The number of phenols is 2. The molecule has 3 nitrogen and oxygen atoms in total. The summed E-state index contributed by atoms with van der Waals surface area (Å²) < 4.78 is 0. The Labute approximate surface area is 135 Å². The van der Waals surface area contributed by atoms with E-state index in [0.717, 1.165) is 11.1 Å². The molecular formula is C18H20ClNO2. The molecule has 0 saturated carbocycles. The van der Waals surface area contributed by atoms with Crippen LogP contribution in [0.3, 0.4) is 0 Å². The lowest BCUT2D eigenvalue weighted by molar-refractivity contribution is 0.473. The van der Waals surface area contributed by atoms with Crippen molar-refractivity contribution in [2.45, 2.75) is 33.1 Å². The Kier molecular flexibility index (Phi) is 4.47. The average molecular weight is 318 g/mol. The minimum atomic E-state index is -0.0350. The number of hydrogen-bond acceptors (Lipinski definition) is 3. The predicted octanol–water partition coefficient (Wildman–Crippen LogP) is 5.11. The molecule has 0 fully saturated rings. The van der Waals surface area contributed by atoms with Crippen LogP contribution in [0.25, 0.3) is 0 Å². The summed E-state index contributed by atoms with van der Waals surface area (Å²) in [6.07, 6.45) is 1.51. The number of rotatable bonds is 2. The molecule has 4 heteroatoms. The van der Waals surface area contributed by atoms with Crippen molar-refractivity contribution in [1.82, 2.24) is 0 Å². The monoisotopic (exact) mass is 317 g/mol. The molecule has 0 radical (unpaired) electrons. The maximum atomic E-state index is 9.97. The van der Waals surface area contributed by atoms with Gasteiger partial charge in [0, 0.05) is 11.8 Å². The van der Waals surface area contributed by atoms with Gasteiger partial charge in [0.05, 0.1) is 5.02 Å². The number of nitrogens with zero attached hydrogens (tertiary/aromatic N) is 1. The number of aryl methyl sites for hydroxylation is 1. The van der Waals surface area contributed by atoms with Gasteiger partial charge in [0.2, 0.25) is 0 Å². The second-order valence-electron chi connectivity index (χ2n) is 6.40. The molecule has 0 atom stereocenters. The fourth-order valence-electron chi connectivity index (χ4n) is 2.09. The van der Waals surface area contributed by atoms with Crippen molar-refractivity contribution in [2.75, 3.05) is 0 Å². The van der Waals surface area contributed by atoms with Crippen LogP contribution < -0.4 is 0 Å². The summed E-state index contributed by atoms with van der Waals surface area (Å²) >= 11 is 5.96. The first kappa shape index (κ1) is 16.4. The topological polar surface area (TPSA) is 52.8 Å². The molecule has 0 aliphatic carbocycles. The van der Waals surface area contributed by atoms with Crippen LogP contribution in [0.4, 0.5) is 5.69 Å². The molecule has 2 aromatic carbocycles. The van der Waals surface area contributed by atoms with Crippen molar-refractivity contribution in [1.29, 1.82) is 0 Å². The molecule has 2 N–H and O–H groups in total. The molecule has 0 saturated heterocycles. The Morgan fingerprint density at radius 1 is 1.09 bits per heavy atom. The fourth-order valence-corrected chi connectivity index (χ4v) is 2.37. The molecule has 0 heterocycles. The zero-order valence-corrected chi connectivity index (χ0v) is 13.9. The molecule has 2 aromatic rings. The van der Waals surface area contributed by atoms with Crippen molar-refractivity contribution in [3.8, 4) is 11.5 Å². The zero-order chi connectivity index (χ0) is 16.5. The highest BCUT2D eigenvalue weighted by molar-refractivity contribution is 6.32. The first-order valence-electron chi connectivity index (χ1n) is 7.05. The van der Waals surface area contributed by atoms with Gasteiger partial charge < -0.3 is 10.2 Å². The minimum Gasteiger partial charge on any atom is -0.506 e. The number of aromatic hydroxyl groups is 2. The van der Waals surface area contributed by atoms with Gasteiger partial charge in [0.15, 0.2) is 0 Å². The van der Waals surface area contributed by atoms with E-state index in [1.54, 1.807) is 18.2 Å². The Balaban J connectivity index is 2.43. The van der Waals surface area contributed by atoms with Gasteiger partial charge in [-0.15, -0.1) is 0 Å². The van der Waals surface area contributed by atoms with Crippen molar-refractivity contribution >= 4 is 23.5 Å². The summed E-state index contributed by atoms with van der Waals surface area (Å²) in [6, 6.07) is 8.84. The summed E-state index contributed by atoms with van der Waals surface area (Å²) in [7, 11) is 0. The van der Waals surface area contributed by atoms with Crippen LogP contribution in [-0.4, -0.2) is 16.4 Å². The standard InChI is InChI=1S/C18H20ClNO2/c1-11-7-12(17(22)14(19)8-11)10-20-15-9-13(18(2,3)4)5-6-16(15)21/h5-10,21-22H,1-4H3/b20-10+. The molecule has 0 aliphatic heterocycles. The normalized spacial score (nSPS) is 12.0. The predicted molar refractivity (Wildman–Crippen MR) is 91.9 cm³/mol. The lowest BCUT2D eigenvalue weighted by Gasteiger charge is -2.19. The van der Waals surface area contributed by atoms with Gasteiger partial charge in [0.25, 0.3) is 0 Å². The van der Waals surface area contributed by atoms with Gasteiger partial charge in [-0.3, -0.25) is 4.99 Å². The van der Waals surface area contributed by atoms with E-state index in [9.17, 15) is 10.2 Å². The third kappa shape index (κ3) is 3.60. The molecule has 0 aromatic heterocycles. The van der Waals surface area contributed by atoms with Crippen molar-refractivity contribution in [3.63, 3.8) is 0 Å². The van der Waals surface area contributed by atoms with E-state index < -0.39 is 0 Å². The summed E-state index contributed by atoms with van der Waals surface area (Å²) in [6.45, 7) is 8.18. The second kappa shape index (κ2) is 6.01. The van der Waals surface area contributed by atoms with Crippen molar-refractivity contribution < 1.29 is 10.2 Å². The highest BCUT2D eigenvalue weighted by Crippen LogP contribution is 2.33. The molecule has 0 aliphatic rings. The summed E-state index contributed by atoms with van der Waals surface area (Å²) in [4.78, 5) is 4.30. The third-order valence-electron chi connectivity index (χ3n) is 3.42. The first-order chi connectivity index (χ1) is 10.2. The molecular weight excluding hydrogens is 298 g/mol. The lowest BCUT2D eigenvalue weighted by atomic mass is 9.87. The largest absolute Gasteiger partial charge is 0.506 e. The van der Waals surface area contributed by atoms with Crippen LogP contribution in [-0.2, 0) is 5.41 Å². The van der Waals surface area contributed by atoms with E-state index in [1.807, 2.05) is 19.1 Å². The van der Waals surface area contributed by atoms with Crippen LogP contribution in [0.1, 0.15) is 37.5 Å². The minimum absolute atomic E-state index is 0.0116. The second-order valence-corrected chi connectivity index (χ2v) is 6.80. The van der Waals surface area contributed by atoms with Crippen LogP contribution in [0.15, 0.2) is 35.3 Å². The SMILES string of the molecule is Cc1cc(Cl)c(O)c(/C=N/c2cc(C(C)(C)C)ccc2O)c1. The highest BCUT2D eigenvalue weighted by Gasteiger charge is 2.15. The maximum absolute atomic E-state index is 9.97. The van der Waals surface area contributed by atoms with Crippen molar-refractivity contribution in [3.05, 3.63) is 52.0 Å². The van der Waals surface area contributed by atoms with Gasteiger partial charge in [0.1, 0.15) is 17.2 Å². The highest BCUT2D eigenvalue weighted by atomic mass is 35.5. The Morgan fingerprint density at radius 2 is 1.77 bits per heavy atom. The van der Waals surface area contributed by atoms with Crippen LogP contribution in [0, 0.1) is 6.92 Å². The maximum Gasteiger partial charge on any atom is 0.142 e. The van der Waals surface area contributed by atoms with Crippen LogP contribution >= 0.6 is 11.6 Å². The van der Waals surface area contributed by atoms with E-state index in [0.29, 0.717) is 11.3 Å². The van der Waals surface area contributed by atoms with Crippen LogP contribution in [0.5, 0.6) is 11.5 Å². The van der Waals surface area contributed by atoms with Gasteiger partial charge >= 0.3 is 0 Å². The van der Waals surface area contributed by atoms with Gasteiger partial charge in [-0.25, -0.2) is 0 Å². The molecule has 0 spiro atoms. The number of phenolic OH excluding ortho intramolecular Hbond substituents is 2. The smallest absolute Gasteiger partial charge is 0.142 e. The fraction of sp³-hybridized carbons (Fsp3) is 0.278. The number of benzene rings is 2. The van der Waals surface area contributed by atoms with Crippen LogP contribution in [0.2, 0.25) is 5.02 Å². The zero-order valence-electron chi connectivity index (χ0n) is 13.2. The quantitative estimate of drug-likeness (QED) is 0.756. The molecule has 0 unspecified atom stereocenters. The molecule has 2 rings (SSSR count). The number of halogens is 1. The number of aliphatic imine (C=N–C) groups is 1.